The van der Waals surface area contributed by atoms with Crippen molar-refractivity contribution < 1.29 is 23.9 Å². The molecule has 3 aliphatic rings. The van der Waals surface area contributed by atoms with Gasteiger partial charge in [-0.3, -0.25) is 29.4 Å². The Kier molecular flexibility index (Phi) is 4.84. The molecule has 10 heteroatoms. The molecule has 0 aliphatic carbocycles. The SMILES string of the molecule is COCCCN1C(=O)[C@@H]2C(CC(N)=O)NC3(C(=O)Nc4ccc(Cl)cc43)[C@@H]2C1=O. The maximum atomic E-state index is 13.3. The second kappa shape index (κ2) is 7.08. The summed E-state index contributed by atoms with van der Waals surface area (Å²) < 4.78 is 5.01. The quantitative estimate of drug-likeness (QED) is 0.437. The number of methoxy groups -OCH3 is 1. The standard InChI is InChI=1S/C19H21ClN4O5/c1-29-6-2-5-24-16(26)14-12(8-13(21)25)23-19(15(14)17(24)27)10-7-9(20)3-4-11(10)22-18(19)28/h3-4,7,12,14-15,23H,2,5-6,8H2,1H3,(H2,21,25)(H,22,28)/t12?,14-,15+,19?/m1/s1. The van der Waals surface area contributed by atoms with Crippen LogP contribution >= 0.6 is 11.6 Å². The molecule has 0 radical (unpaired) electrons. The van der Waals surface area contributed by atoms with Crippen LogP contribution in [-0.4, -0.2) is 54.8 Å². The van der Waals surface area contributed by atoms with Gasteiger partial charge in [0, 0.05) is 49.0 Å². The Labute approximate surface area is 171 Å². The summed E-state index contributed by atoms with van der Waals surface area (Å²) in [5, 5.41) is 6.28. The zero-order chi connectivity index (χ0) is 20.9. The van der Waals surface area contributed by atoms with E-state index in [4.69, 9.17) is 22.1 Å². The van der Waals surface area contributed by atoms with E-state index < -0.39 is 47.0 Å². The molecule has 1 aromatic carbocycles. The van der Waals surface area contributed by atoms with Crippen LogP contribution in [0.25, 0.3) is 0 Å². The minimum atomic E-state index is -1.48. The van der Waals surface area contributed by atoms with Crippen molar-refractivity contribution in [1.29, 1.82) is 0 Å². The van der Waals surface area contributed by atoms with Gasteiger partial charge in [-0.2, -0.15) is 0 Å². The third-order valence-electron chi connectivity index (χ3n) is 5.92. The van der Waals surface area contributed by atoms with Gasteiger partial charge in [0.25, 0.3) is 0 Å². The molecule has 0 saturated carbocycles. The molecule has 4 atom stereocenters. The first kappa shape index (κ1) is 19.8. The fourth-order valence-corrected chi connectivity index (χ4v) is 4.98. The highest BCUT2D eigenvalue weighted by Crippen LogP contribution is 2.53. The minimum Gasteiger partial charge on any atom is -0.385 e. The van der Waals surface area contributed by atoms with Gasteiger partial charge in [-0.1, -0.05) is 11.6 Å². The number of carbonyl (C=O) groups excluding carboxylic acids is 4. The van der Waals surface area contributed by atoms with Gasteiger partial charge in [0.2, 0.25) is 23.6 Å². The van der Waals surface area contributed by atoms with Crippen molar-refractivity contribution in [2.24, 2.45) is 17.6 Å². The molecule has 2 fully saturated rings. The fourth-order valence-electron chi connectivity index (χ4n) is 4.81. The van der Waals surface area contributed by atoms with E-state index in [2.05, 4.69) is 10.6 Å². The molecule has 1 spiro atoms. The Balaban J connectivity index is 1.80. The van der Waals surface area contributed by atoms with Gasteiger partial charge in [0.15, 0.2) is 0 Å². The van der Waals surface area contributed by atoms with Crippen molar-refractivity contribution in [3.05, 3.63) is 28.8 Å². The summed E-state index contributed by atoms with van der Waals surface area (Å²) in [6, 6.07) is 4.15. The Hall–Kier alpha value is -2.49. The van der Waals surface area contributed by atoms with Crippen molar-refractivity contribution in [2.75, 3.05) is 25.6 Å². The zero-order valence-corrected chi connectivity index (χ0v) is 16.5. The molecule has 1 aromatic rings. The third-order valence-corrected chi connectivity index (χ3v) is 6.15. The van der Waals surface area contributed by atoms with Crippen LogP contribution in [-0.2, 0) is 29.5 Å². The number of hydrogen-bond acceptors (Lipinski definition) is 6. The van der Waals surface area contributed by atoms with E-state index in [1.165, 1.54) is 12.0 Å². The first-order valence-corrected chi connectivity index (χ1v) is 9.70. The number of rotatable bonds is 6. The number of carbonyl (C=O) groups is 4. The first-order chi connectivity index (χ1) is 13.8. The van der Waals surface area contributed by atoms with Crippen LogP contribution in [0.3, 0.4) is 0 Å². The molecule has 0 aromatic heterocycles. The van der Waals surface area contributed by atoms with E-state index in [0.29, 0.717) is 29.3 Å². The van der Waals surface area contributed by atoms with Gasteiger partial charge >= 0.3 is 0 Å². The summed E-state index contributed by atoms with van der Waals surface area (Å²) in [5.74, 6) is -3.78. The predicted molar refractivity (Wildman–Crippen MR) is 103 cm³/mol. The molecule has 2 unspecified atom stereocenters. The molecule has 29 heavy (non-hydrogen) atoms. The van der Waals surface area contributed by atoms with Crippen molar-refractivity contribution in [1.82, 2.24) is 10.2 Å². The summed E-state index contributed by atoms with van der Waals surface area (Å²) in [5.41, 5.74) is 4.92. The first-order valence-electron chi connectivity index (χ1n) is 9.33. The van der Waals surface area contributed by atoms with E-state index >= 15 is 0 Å². The van der Waals surface area contributed by atoms with Crippen molar-refractivity contribution in [3.63, 3.8) is 0 Å². The lowest BCUT2D eigenvalue weighted by Gasteiger charge is -2.29. The topological polar surface area (TPSA) is 131 Å². The highest BCUT2D eigenvalue weighted by molar-refractivity contribution is 6.31. The number of fused-ring (bicyclic) bond motifs is 4. The monoisotopic (exact) mass is 420 g/mol. The number of halogens is 1. The molecule has 154 valence electrons. The largest absolute Gasteiger partial charge is 0.385 e. The van der Waals surface area contributed by atoms with Gasteiger partial charge in [-0.15, -0.1) is 0 Å². The van der Waals surface area contributed by atoms with Crippen LogP contribution < -0.4 is 16.4 Å². The van der Waals surface area contributed by atoms with Crippen LogP contribution in [0.1, 0.15) is 18.4 Å². The normalized spacial score (nSPS) is 30.1. The summed E-state index contributed by atoms with van der Waals surface area (Å²) in [6.45, 7) is 0.571. The maximum Gasteiger partial charge on any atom is 0.250 e. The van der Waals surface area contributed by atoms with Gasteiger partial charge in [0.1, 0.15) is 5.54 Å². The third kappa shape index (κ3) is 2.84. The smallest absolute Gasteiger partial charge is 0.250 e. The van der Waals surface area contributed by atoms with Crippen molar-refractivity contribution in [2.45, 2.75) is 24.4 Å². The number of likely N-dealkylation sites (tertiary alicyclic amines) is 1. The molecule has 9 nitrogen and oxygen atoms in total. The minimum absolute atomic E-state index is 0.170. The Morgan fingerprint density at radius 3 is 2.76 bits per heavy atom. The summed E-state index contributed by atoms with van der Waals surface area (Å²) in [6.07, 6.45) is 0.306. The number of nitrogens with two attached hydrogens (primary N) is 1. The van der Waals surface area contributed by atoms with E-state index in [-0.39, 0.29) is 13.0 Å². The zero-order valence-electron chi connectivity index (χ0n) is 15.7. The van der Waals surface area contributed by atoms with Crippen LogP contribution in [0.15, 0.2) is 18.2 Å². The number of hydrogen-bond donors (Lipinski definition) is 3. The molecule has 0 bridgehead atoms. The molecule has 3 aliphatic heterocycles. The fraction of sp³-hybridized carbons (Fsp3) is 0.474. The van der Waals surface area contributed by atoms with Crippen LogP contribution in [0, 0.1) is 11.8 Å². The second-order valence-corrected chi connectivity index (χ2v) is 7.99. The van der Waals surface area contributed by atoms with Crippen LogP contribution in [0.2, 0.25) is 5.02 Å². The number of ether oxygens (including phenoxy) is 1. The molecular formula is C19H21ClN4O5. The van der Waals surface area contributed by atoms with Gasteiger partial charge in [-0.05, 0) is 24.6 Å². The molecule has 2 saturated heterocycles. The number of benzene rings is 1. The van der Waals surface area contributed by atoms with E-state index in [1.54, 1.807) is 18.2 Å². The van der Waals surface area contributed by atoms with Crippen molar-refractivity contribution in [3.8, 4) is 0 Å². The number of amides is 4. The Morgan fingerprint density at radius 2 is 2.07 bits per heavy atom. The number of anilines is 1. The van der Waals surface area contributed by atoms with E-state index in [9.17, 15) is 19.2 Å². The van der Waals surface area contributed by atoms with Crippen LogP contribution in [0.5, 0.6) is 0 Å². The summed E-state index contributed by atoms with van der Waals surface area (Å²) in [7, 11) is 1.54. The average molecular weight is 421 g/mol. The Morgan fingerprint density at radius 1 is 1.31 bits per heavy atom. The lowest BCUT2D eigenvalue weighted by molar-refractivity contribution is -0.143. The highest BCUT2D eigenvalue weighted by atomic mass is 35.5. The Bertz CT molecular complexity index is 922. The van der Waals surface area contributed by atoms with Gasteiger partial charge < -0.3 is 15.8 Å². The molecule has 4 N–H and O–H groups in total. The molecule has 3 heterocycles. The lowest BCUT2D eigenvalue weighted by atomic mass is 9.76. The number of primary amides is 1. The predicted octanol–water partition coefficient (Wildman–Crippen LogP) is -0.0277. The van der Waals surface area contributed by atoms with E-state index in [0.717, 1.165) is 0 Å². The molecule has 4 amide bonds. The average Bonchev–Trinajstić information content (AvgIpc) is 3.22. The van der Waals surface area contributed by atoms with Gasteiger partial charge in [-0.25, -0.2) is 0 Å². The van der Waals surface area contributed by atoms with Crippen LogP contribution in [0.4, 0.5) is 5.69 Å². The summed E-state index contributed by atoms with van der Waals surface area (Å²) >= 11 is 6.16. The maximum absolute atomic E-state index is 13.3. The number of nitrogens with one attached hydrogen (secondary N) is 2. The lowest BCUT2D eigenvalue weighted by Crippen LogP contribution is -2.53. The molecular weight excluding hydrogens is 400 g/mol. The van der Waals surface area contributed by atoms with E-state index in [1.807, 2.05) is 0 Å². The van der Waals surface area contributed by atoms with Crippen molar-refractivity contribution >= 4 is 40.9 Å². The van der Waals surface area contributed by atoms with Gasteiger partial charge in [0.05, 0.1) is 11.8 Å². The number of nitrogens with zero attached hydrogens (tertiary/aromatic N) is 1. The molecule has 4 rings (SSSR count). The number of imide groups is 1. The highest BCUT2D eigenvalue weighted by Gasteiger charge is 2.70. The second-order valence-electron chi connectivity index (χ2n) is 7.55. The summed E-state index contributed by atoms with van der Waals surface area (Å²) in [4.78, 5) is 52.4.